The number of halogens is 1. The number of carbonyl (C=O) groups is 1. The lowest BCUT2D eigenvalue weighted by Crippen LogP contribution is -2.35. The molecule has 2 rings (SSSR count). The van der Waals surface area contributed by atoms with Crippen LogP contribution in [-0.4, -0.2) is 38.1 Å². The van der Waals surface area contributed by atoms with E-state index >= 15 is 0 Å². The highest BCUT2D eigenvalue weighted by Gasteiger charge is 2.25. The van der Waals surface area contributed by atoms with Gasteiger partial charge in [-0.25, -0.2) is 0 Å². The molecule has 4 nitrogen and oxygen atoms in total. The van der Waals surface area contributed by atoms with Crippen molar-refractivity contribution in [1.29, 1.82) is 0 Å². The lowest BCUT2D eigenvalue weighted by atomic mass is 9.84. The van der Waals surface area contributed by atoms with Crippen LogP contribution in [0.2, 0.25) is 0 Å². The Labute approximate surface area is 152 Å². The number of benzene rings is 1. The number of amides is 1. The fraction of sp³-hybridized carbons (Fsp3) is 0.632. The molecule has 2 atom stereocenters. The lowest BCUT2D eigenvalue weighted by molar-refractivity contribution is -0.133. The van der Waals surface area contributed by atoms with Crippen LogP contribution in [0.25, 0.3) is 0 Å². The Hall–Kier alpha value is -1.26. The number of rotatable bonds is 6. The van der Waals surface area contributed by atoms with Crippen molar-refractivity contribution in [2.24, 2.45) is 11.8 Å². The molecule has 1 saturated heterocycles. The largest absolute Gasteiger partial charge is 0.497 e. The van der Waals surface area contributed by atoms with Crippen molar-refractivity contribution in [3.05, 3.63) is 29.8 Å². The third-order valence-electron chi connectivity index (χ3n) is 5.26. The van der Waals surface area contributed by atoms with Gasteiger partial charge in [0, 0.05) is 13.5 Å². The van der Waals surface area contributed by atoms with Crippen molar-refractivity contribution in [1.82, 2.24) is 10.2 Å². The summed E-state index contributed by atoms with van der Waals surface area (Å²) in [5.41, 5.74) is 1.14. The van der Waals surface area contributed by atoms with Crippen LogP contribution < -0.4 is 10.1 Å². The van der Waals surface area contributed by atoms with Crippen LogP contribution in [0.15, 0.2) is 24.3 Å². The maximum absolute atomic E-state index is 12.6. The standard InChI is InChI=1S/C19H30N2O2.ClH/c1-14(16-9-11-20-12-10-16)13-19(22)21(3)15(2)17-5-7-18(23-4)8-6-17;/h5-8,14-16,20H,9-13H2,1-4H3;1H. The third-order valence-corrected chi connectivity index (χ3v) is 5.26. The molecular formula is C19H31ClN2O2. The van der Waals surface area contributed by atoms with E-state index in [1.807, 2.05) is 36.2 Å². The molecule has 1 aliphatic heterocycles. The topological polar surface area (TPSA) is 41.6 Å². The molecule has 1 aromatic carbocycles. The summed E-state index contributed by atoms with van der Waals surface area (Å²) in [5, 5.41) is 3.39. The van der Waals surface area contributed by atoms with Gasteiger partial charge in [0.2, 0.25) is 5.91 Å². The van der Waals surface area contributed by atoms with Gasteiger partial charge in [-0.05, 0) is 62.4 Å². The van der Waals surface area contributed by atoms with Gasteiger partial charge in [-0.15, -0.1) is 12.4 Å². The van der Waals surface area contributed by atoms with Gasteiger partial charge in [-0.1, -0.05) is 19.1 Å². The molecule has 1 aliphatic rings. The van der Waals surface area contributed by atoms with Gasteiger partial charge in [0.25, 0.3) is 0 Å². The monoisotopic (exact) mass is 354 g/mol. The molecule has 24 heavy (non-hydrogen) atoms. The second kappa shape index (κ2) is 9.90. The summed E-state index contributed by atoms with van der Waals surface area (Å²) < 4.78 is 5.19. The maximum atomic E-state index is 12.6. The first-order valence-corrected chi connectivity index (χ1v) is 8.63. The van der Waals surface area contributed by atoms with Crippen LogP contribution in [0.4, 0.5) is 0 Å². The molecule has 0 aliphatic carbocycles. The smallest absolute Gasteiger partial charge is 0.223 e. The molecule has 1 N–H and O–H groups in total. The maximum Gasteiger partial charge on any atom is 0.223 e. The lowest BCUT2D eigenvalue weighted by Gasteiger charge is -2.31. The number of hydrogen-bond acceptors (Lipinski definition) is 3. The van der Waals surface area contributed by atoms with Crippen LogP contribution in [-0.2, 0) is 4.79 Å². The fourth-order valence-corrected chi connectivity index (χ4v) is 3.32. The molecule has 0 spiro atoms. The zero-order chi connectivity index (χ0) is 16.8. The first kappa shape index (κ1) is 20.8. The second-order valence-corrected chi connectivity index (χ2v) is 6.72. The number of hydrogen-bond donors (Lipinski definition) is 1. The van der Waals surface area contributed by atoms with Gasteiger partial charge in [-0.3, -0.25) is 4.79 Å². The summed E-state index contributed by atoms with van der Waals surface area (Å²) in [6, 6.07) is 8.03. The number of carbonyl (C=O) groups excluding carboxylic acids is 1. The van der Waals surface area contributed by atoms with Crippen LogP contribution >= 0.6 is 12.4 Å². The van der Waals surface area contributed by atoms with Crippen molar-refractivity contribution < 1.29 is 9.53 Å². The van der Waals surface area contributed by atoms with Crippen LogP contribution in [0.3, 0.4) is 0 Å². The predicted octanol–water partition coefficient (Wildman–Crippen LogP) is 3.66. The molecule has 5 heteroatoms. The Balaban J connectivity index is 0.00000288. The first-order chi connectivity index (χ1) is 11.0. The number of piperidine rings is 1. The molecular weight excluding hydrogens is 324 g/mol. The minimum Gasteiger partial charge on any atom is -0.497 e. The van der Waals surface area contributed by atoms with Crippen molar-refractivity contribution in [2.75, 3.05) is 27.2 Å². The summed E-state index contributed by atoms with van der Waals surface area (Å²) >= 11 is 0. The second-order valence-electron chi connectivity index (χ2n) is 6.72. The van der Waals surface area contributed by atoms with E-state index in [0.717, 1.165) is 24.4 Å². The molecule has 0 radical (unpaired) electrons. The molecule has 1 heterocycles. The van der Waals surface area contributed by atoms with Gasteiger partial charge in [-0.2, -0.15) is 0 Å². The van der Waals surface area contributed by atoms with Crippen LogP contribution in [0, 0.1) is 11.8 Å². The normalized spacial score (nSPS) is 17.5. The summed E-state index contributed by atoms with van der Waals surface area (Å²) in [4.78, 5) is 14.5. The highest BCUT2D eigenvalue weighted by molar-refractivity contribution is 5.85. The minimum atomic E-state index is 0. The average molecular weight is 355 g/mol. The summed E-state index contributed by atoms with van der Waals surface area (Å²) in [7, 11) is 3.57. The zero-order valence-electron chi connectivity index (χ0n) is 15.2. The Kier molecular flexibility index (Phi) is 8.57. The fourth-order valence-electron chi connectivity index (χ4n) is 3.32. The Morgan fingerprint density at radius 3 is 2.38 bits per heavy atom. The third kappa shape index (κ3) is 5.38. The van der Waals surface area contributed by atoms with Crippen molar-refractivity contribution >= 4 is 18.3 Å². The average Bonchev–Trinajstić information content (AvgIpc) is 2.61. The Morgan fingerprint density at radius 1 is 1.25 bits per heavy atom. The van der Waals surface area contributed by atoms with Gasteiger partial charge in [0.1, 0.15) is 5.75 Å². The van der Waals surface area contributed by atoms with E-state index in [4.69, 9.17) is 4.74 Å². The number of nitrogens with one attached hydrogen (secondary N) is 1. The molecule has 0 aromatic heterocycles. The summed E-state index contributed by atoms with van der Waals surface area (Å²) in [5.74, 6) is 2.20. The quantitative estimate of drug-likeness (QED) is 0.847. The number of methoxy groups -OCH3 is 1. The molecule has 1 aromatic rings. The molecule has 2 unspecified atom stereocenters. The zero-order valence-corrected chi connectivity index (χ0v) is 16.1. The molecule has 1 fully saturated rings. The highest BCUT2D eigenvalue weighted by atomic mass is 35.5. The van der Waals surface area contributed by atoms with E-state index in [1.54, 1.807) is 7.11 Å². The van der Waals surface area contributed by atoms with E-state index in [2.05, 4.69) is 19.2 Å². The summed E-state index contributed by atoms with van der Waals surface area (Å²) in [6.07, 6.45) is 3.01. The van der Waals surface area contributed by atoms with E-state index in [-0.39, 0.29) is 24.4 Å². The SMILES string of the molecule is COc1ccc(C(C)N(C)C(=O)CC(C)C2CCNCC2)cc1.Cl. The first-order valence-electron chi connectivity index (χ1n) is 8.63. The predicted molar refractivity (Wildman–Crippen MR) is 101 cm³/mol. The van der Waals surface area contributed by atoms with Gasteiger partial charge in [0.05, 0.1) is 13.2 Å². The molecule has 0 bridgehead atoms. The van der Waals surface area contributed by atoms with Gasteiger partial charge < -0.3 is 15.0 Å². The molecule has 1 amide bonds. The highest BCUT2D eigenvalue weighted by Crippen LogP contribution is 2.27. The number of nitrogens with zero attached hydrogens (tertiary/aromatic N) is 1. The van der Waals surface area contributed by atoms with Gasteiger partial charge >= 0.3 is 0 Å². The minimum absolute atomic E-state index is 0. The molecule has 136 valence electrons. The van der Waals surface area contributed by atoms with E-state index in [0.29, 0.717) is 18.3 Å². The summed E-state index contributed by atoms with van der Waals surface area (Å²) in [6.45, 7) is 6.47. The van der Waals surface area contributed by atoms with Crippen LogP contribution in [0.1, 0.15) is 44.7 Å². The van der Waals surface area contributed by atoms with E-state index < -0.39 is 0 Å². The van der Waals surface area contributed by atoms with E-state index in [1.165, 1.54) is 12.8 Å². The van der Waals surface area contributed by atoms with Crippen molar-refractivity contribution in [3.8, 4) is 5.75 Å². The van der Waals surface area contributed by atoms with E-state index in [9.17, 15) is 4.79 Å². The molecule has 0 saturated carbocycles. The van der Waals surface area contributed by atoms with Crippen molar-refractivity contribution in [3.63, 3.8) is 0 Å². The van der Waals surface area contributed by atoms with Gasteiger partial charge in [0.15, 0.2) is 0 Å². The van der Waals surface area contributed by atoms with Crippen molar-refractivity contribution in [2.45, 2.75) is 39.2 Å². The van der Waals surface area contributed by atoms with Crippen LogP contribution in [0.5, 0.6) is 5.75 Å². The Bertz CT molecular complexity index is 501. The Morgan fingerprint density at radius 2 is 1.83 bits per heavy atom. The number of ether oxygens (including phenoxy) is 1.